The van der Waals surface area contributed by atoms with Crippen LogP contribution in [-0.4, -0.2) is 15.9 Å². The smallest absolute Gasteiger partial charge is 0.274 e. The molecule has 0 saturated carbocycles. The third-order valence-electron chi connectivity index (χ3n) is 4.42. The number of rotatable bonds is 4. The lowest BCUT2D eigenvalue weighted by atomic mass is 10.0. The van der Waals surface area contributed by atoms with Gasteiger partial charge in [0, 0.05) is 22.0 Å². The van der Waals surface area contributed by atoms with Crippen molar-refractivity contribution in [3.63, 3.8) is 0 Å². The van der Waals surface area contributed by atoms with E-state index in [4.69, 9.17) is 11.6 Å². The number of aryl methyl sites for hydroxylation is 1. The van der Waals surface area contributed by atoms with E-state index in [9.17, 15) is 4.79 Å². The Morgan fingerprint density at radius 1 is 0.793 bits per heavy atom. The first kappa shape index (κ1) is 18.8. The fourth-order valence-corrected chi connectivity index (χ4v) is 3.21. The quantitative estimate of drug-likeness (QED) is 0.456. The fourth-order valence-electron chi connectivity index (χ4n) is 3.02. The van der Waals surface area contributed by atoms with Gasteiger partial charge in [0.25, 0.3) is 5.91 Å². The molecule has 5 heteroatoms. The average Bonchev–Trinajstić information content (AvgIpc) is 2.74. The van der Waals surface area contributed by atoms with Crippen molar-refractivity contribution in [1.82, 2.24) is 9.97 Å². The Bertz CT molecular complexity index is 1160. The first-order valence-electron chi connectivity index (χ1n) is 9.17. The van der Waals surface area contributed by atoms with Crippen LogP contribution < -0.4 is 5.32 Å². The molecule has 1 N–H and O–H groups in total. The molecule has 4 rings (SSSR count). The SMILES string of the molecule is Cc1cc(C(=O)Nc2cccc(Cl)c2)nc(-c2ccc(-c3ccccc3)cc2)n1. The molecule has 0 aliphatic rings. The molecule has 1 heterocycles. The van der Waals surface area contributed by atoms with Crippen molar-refractivity contribution < 1.29 is 4.79 Å². The van der Waals surface area contributed by atoms with Gasteiger partial charge >= 0.3 is 0 Å². The third kappa shape index (κ3) is 4.50. The van der Waals surface area contributed by atoms with Gasteiger partial charge in [0.05, 0.1) is 0 Å². The molecular weight excluding hydrogens is 382 g/mol. The second-order valence-electron chi connectivity index (χ2n) is 6.63. The summed E-state index contributed by atoms with van der Waals surface area (Å²) >= 11 is 5.98. The van der Waals surface area contributed by atoms with Crippen LogP contribution in [0.1, 0.15) is 16.2 Å². The molecule has 0 radical (unpaired) electrons. The van der Waals surface area contributed by atoms with Gasteiger partial charge in [-0.1, -0.05) is 72.3 Å². The Morgan fingerprint density at radius 3 is 2.21 bits per heavy atom. The van der Waals surface area contributed by atoms with Gasteiger partial charge < -0.3 is 5.32 Å². The Morgan fingerprint density at radius 2 is 1.48 bits per heavy atom. The summed E-state index contributed by atoms with van der Waals surface area (Å²) in [6.07, 6.45) is 0. The van der Waals surface area contributed by atoms with Crippen molar-refractivity contribution in [3.8, 4) is 22.5 Å². The van der Waals surface area contributed by atoms with E-state index < -0.39 is 0 Å². The number of nitrogens with one attached hydrogen (secondary N) is 1. The lowest BCUT2D eigenvalue weighted by Crippen LogP contribution is -2.15. The molecule has 0 aliphatic heterocycles. The normalized spacial score (nSPS) is 10.6. The molecule has 0 fully saturated rings. The van der Waals surface area contributed by atoms with Crippen LogP contribution in [0.25, 0.3) is 22.5 Å². The molecule has 142 valence electrons. The largest absolute Gasteiger partial charge is 0.321 e. The lowest BCUT2D eigenvalue weighted by Gasteiger charge is -2.08. The Balaban J connectivity index is 1.60. The average molecular weight is 400 g/mol. The first-order valence-corrected chi connectivity index (χ1v) is 9.55. The minimum absolute atomic E-state index is 0.305. The van der Waals surface area contributed by atoms with E-state index in [-0.39, 0.29) is 5.91 Å². The van der Waals surface area contributed by atoms with Crippen LogP contribution in [0.4, 0.5) is 5.69 Å². The molecule has 1 aromatic heterocycles. The third-order valence-corrected chi connectivity index (χ3v) is 4.65. The second-order valence-corrected chi connectivity index (χ2v) is 7.06. The summed E-state index contributed by atoms with van der Waals surface area (Å²) in [5.41, 5.74) is 4.75. The molecule has 0 spiro atoms. The summed E-state index contributed by atoms with van der Waals surface area (Å²) in [6, 6.07) is 26.8. The van der Waals surface area contributed by atoms with Gasteiger partial charge in [-0.05, 0) is 42.3 Å². The molecule has 3 aromatic carbocycles. The van der Waals surface area contributed by atoms with Crippen molar-refractivity contribution in [1.29, 1.82) is 0 Å². The zero-order chi connectivity index (χ0) is 20.2. The topological polar surface area (TPSA) is 54.9 Å². The standard InChI is InChI=1S/C24H18ClN3O/c1-16-14-22(24(29)27-21-9-5-8-20(25)15-21)28-23(26-16)19-12-10-18(11-13-19)17-6-3-2-4-7-17/h2-15H,1H3,(H,27,29). The van der Waals surface area contributed by atoms with Crippen LogP contribution in [0.3, 0.4) is 0 Å². The van der Waals surface area contributed by atoms with E-state index in [0.29, 0.717) is 22.2 Å². The van der Waals surface area contributed by atoms with Crippen molar-refractivity contribution in [2.75, 3.05) is 5.32 Å². The number of hydrogen-bond acceptors (Lipinski definition) is 3. The summed E-state index contributed by atoms with van der Waals surface area (Å²) in [6.45, 7) is 1.85. The Hall–Kier alpha value is -3.50. The predicted octanol–water partition coefficient (Wildman–Crippen LogP) is 6.02. The van der Waals surface area contributed by atoms with E-state index in [1.165, 1.54) is 0 Å². The summed E-state index contributed by atoms with van der Waals surface area (Å²) in [4.78, 5) is 21.6. The van der Waals surface area contributed by atoms with E-state index >= 15 is 0 Å². The number of benzene rings is 3. The van der Waals surface area contributed by atoms with Crippen molar-refractivity contribution in [3.05, 3.63) is 101 Å². The maximum absolute atomic E-state index is 12.7. The van der Waals surface area contributed by atoms with Gasteiger partial charge in [-0.15, -0.1) is 0 Å². The van der Waals surface area contributed by atoms with E-state index in [0.717, 1.165) is 22.4 Å². The molecule has 29 heavy (non-hydrogen) atoms. The number of carbonyl (C=O) groups excluding carboxylic acids is 1. The van der Waals surface area contributed by atoms with E-state index in [1.54, 1.807) is 30.3 Å². The summed E-state index contributed by atoms with van der Waals surface area (Å²) < 4.78 is 0. The molecule has 0 saturated heterocycles. The maximum Gasteiger partial charge on any atom is 0.274 e. The van der Waals surface area contributed by atoms with Crippen LogP contribution in [0.15, 0.2) is 84.9 Å². The van der Waals surface area contributed by atoms with Crippen LogP contribution in [-0.2, 0) is 0 Å². The molecule has 1 amide bonds. The minimum Gasteiger partial charge on any atom is -0.321 e. The predicted molar refractivity (Wildman–Crippen MR) is 117 cm³/mol. The summed E-state index contributed by atoms with van der Waals surface area (Å²) in [5.74, 6) is 0.209. The number of amides is 1. The molecule has 4 aromatic rings. The number of aromatic nitrogens is 2. The van der Waals surface area contributed by atoms with Crippen molar-refractivity contribution in [2.45, 2.75) is 6.92 Å². The highest BCUT2D eigenvalue weighted by Crippen LogP contribution is 2.23. The Kier molecular flexibility index (Phi) is 5.36. The number of anilines is 1. The number of nitrogens with zero attached hydrogens (tertiary/aromatic N) is 2. The summed E-state index contributed by atoms with van der Waals surface area (Å²) in [5, 5.41) is 3.38. The summed E-state index contributed by atoms with van der Waals surface area (Å²) in [7, 11) is 0. The van der Waals surface area contributed by atoms with Gasteiger partial charge in [-0.2, -0.15) is 0 Å². The van der Waals surface area contributed by atoms with E-state index in [2.05, 4.69) is 27.4 Å². The molecule has 0 aliphatic carbocycles. The van der Waals surface area contributed by atoms with E-state index in [1.807, 2.05) is 49.4 Å². The molecule has 0 bridgehead atoms. The molecular formula is C24H18ClN3O. The first-order chi connectivity index (χ1) is 14.1. The Labute approximate surface area is 174 Å². The van der Waals surface area contributed by atoms with Gasteiger partial charge in [-0.3, -0.25) is 4.79 Å². The van der Waals surface area contributed by atoms with Gasteiger partial charge in [0.1, 0.15) is 5.69 Å². The second kappa shape index (κ2) is 8.25. The van der Waals surface area contributed by atoms with Crippen LogP contribution in [0.5, 0.6) is 0 Å². The van der Waals surface area contributed by atoms with Crippen LogP contribution in [0, 0.1) is 6.92 Å². The molecule has 0 atom stereocenters. The highest BCUT2D eigenvalue weighted by molar-refractivity contribution is 6.30. The number of halogens is 1. The lowest BCUT2D eigenvalue weighted by molar-refractivity contribution is 0.102. The molecule has 4 nitrogen and oxygen atoms in total. The molecule has 0 unspecified atom stereocenters. The van der Waals surface area contributed by atoms with Gasteiger partial charge in [0.2, 0.25) is 0 Å². The highest BCUT2D eigenvalue weighted by Gasteiger charge is 2.12. The maximum atomic E-state index is 12.7. The number of carbonyl (C=O) groups is 1. The fraction of sp³-hybridized carbons (Fsp3) is 0.0417. The zero-order valence-corrected chi connectivity index (χ0v) is 16.5. The van der Waals surface area contributed by atoms with Gasteiger partial charge in [-0.25, -0.2) is 9.97 Å². The van der Waals surface area contributed by atoms with Crippen molar-refractivity contribution >= 4 is 23.2 Å². The monoisotopic (exact) mass is 399 g/mol. The number of hydrogen-bond donors (Lipinski definition) is 1. The zero-order valence-electron chi connectivity index (χ0n) is 15.8. The minimum atomic E-state index is -0.306. The van der Waals surface area contributed by atoms with Crippen LogP contribution in [0.2, 0.25) is 5.02 Å². The van der Waals surface area contributed by atoms with Crippen molar-refractivity contribution in [2.24, 2.45) is 0 Å². The van der Waals surface area contributed by atoms with Crippen LogP contribution >= 0.6 is 11.6 Å². The van der Waals surface area contributed by atoms with Gasteiger partial charge in [0.15, 0.2) is 5.82 Å². The highest BCUT2D eigenvalue weighted by atomic mass is 35.5.